The van der Waals surface area contributed by atoms with Crippen LogP contribution >= 0.6 is 0 Å². The summed E-state index contributed by atoms with van der Waals surface area (Å²) in [5.74, 6) is -0.0800. The van der Waals surface area contributed by atoms with Gasteiger partial charge in [0.1, 0.15) is 0 Å². The number of amides is 2. The van der Waals surface area contributed by atoms with E-state index in [0.29, 0.717) is 19.0 Å². The van der Waals surface area contributed by atoms with E-state index in [2.05, 4.69) is 12.2 Å². The third-order valence-electron chi connectivity index (χ3n) is 4.95. The number of hydrogen-bond donors (Lipinski definition) is 1. The average Bonchev–Trinajstić information content (AvgIpc) is 3.16. The molecule has 4 heteroatoms. The van der Waals surface area contributed by atoms with Crippen molar-refractivity contribution in [2.75, 3.05) is 11.9 Å². The molecule has 22 heavy (non-hydrogen) atoms. The first-order valence-electron chi connectivity index (χ1n) is 8.37. The summed E-state index contributed by atoms with van der Waals surface area (Å²) in [5.41, 5.74) is 2.01. The van der Waals surface area contributed by atoms with Gasteiger partial charge in [-0.3, -0.25) is 9.59 Å². The van der Waals surface area contributed by atoms with E-state index in [0.717, 1.165) is 30.5 Å². The fourth-order valence-corrected chi connectivity index (χ4v) is 3.66. The lowest BCUT2D eigenvalue weighted by molar-refractivity contribution is -0.129. The second kappa shape index (κ2) is 6.51. The van der Waals surface area contributed by atoms with Crippen LogP contribution in [0.3, 0.4) is 0 Å². The Morgan fingerprint density at radius 3 is 2.73 bits per heavy atom. The Morgan fingerprint density at radius 1 is 1.27 bits per heavy atom. The van der Waals surface area contributed by atoms with Gasteiger partial charge < -0.3 is 10.2 Å². The van der Waals surface area contributed by atoms with E-state index in [-0.39, 0.29) is 17.7 Å². The Kier molecular flexibility index (Phi) is 4.46. The molecule has 2 amide bonds. The number of carbonyl (C=O) groups excluding carboxylic acids is 2. The lowest BCUT2D eigenvalue weighted by atomic mass is 10.1. The van der Waals surface area contributed by atoms with Crippen LogP contribution in [0.1, 0.15) is 44.6 Å². The molecule has 2 aliphatic rings. The van der Waals surface area contributed by atoms with Gasteiger partial charge in [-0.25, -0.2) is 0 Å². The predicted octanol–water partition coefficient (Wildman–Crippen LogP) is 2.98. The Labute approximate surface area is 131 Å². The highest BCUT2D eigenvalue weighted by Crippen LogP contribution is 2.30. The molecule has 0 radical (unpaired) electrons. The molecule has 2 fully saturated rings. The van der Waals surface area contributed by atoms with E-state index in [1.54, 1.807) is 0 Å². The topological polar surface area (TPSA) is 49.4 Å². The third-order valence-corrected chi connectivity index (χ3v) is 4.95. The molecule has 1 saturated heterocycles. The second-order valence-electron chi connectivity index (χ2n) is 6.39. The number of nitrogens with zero attached hydrogens (tertiary/aromatic N) is 1. The molecule has 4 nitrogen and oxygen atoms in total. The maximum atomic E-state index is 12.5. The van der Waals surface area contributed by atoms with Crippen molar-refractivity contribution in [3.8, 4) is 0 Å². The minimum absolute atomic E-state index is 0.0188. The maximum absolute atomic E-state index is 12.5. The molecule has 1 saturated carbocycles. The average molecular weight is 300 g/mol. The van der Waals surface area contributed by atoms with Crippen LogP contribution in [0.2, 0.25) is 0 Å². The number of carbonyl (C=O) groups is 2. The second-order valence-corrected chi connectivity index (χ2v) is 6.39. The first-order valence-corrected chi connectivity index (χ1v) is 8.37. The summed E-state index contributed by atoms with van der Waals surface area (Å²) >= 11 is 0. The number of hydrogen-bond acceptors (Lipinski definition) is 2. The maximum Gasteiger partial charge on any atom is 0.229 e. The molecule has 1 atom stereocenters. The van der Waals surface area contributed by atoms with Crippen molar-refractivity contribution in [3.63, 3.8) is 0 Å². The Hall–Kier alpha value is -1.84. The van der Waals surface area contributed by atoms with Crippen molar-refractivity contribution in [3.05, 3.63) is 29.8 Å². The van der Waals surface area contributed by atoms with Crippen LogP contribution in [-0.4, -0.2) is 29.3 Å². The molecule has 1 N–H and O–H groups in total. The molecule has 0 spiro atoms. The number of para-hydroxylation sites is 1. The zero-order valence-corrected chi connectivity index (χ0v) is 13.2. The molecule has 1 heterocycles. The highest BCUT2D eigenvalue weighted by Gasteiger charge is 2.38. The van der Waals surface area contributed by atoms with Crippen LogP contribution in [0.5, 0.6) is 0 Å². The fourth-order valence-electron chi connectivity index (χ4n) is 3.66. The van der Waals surface area contributed by atoms with Crippen molar-refractivity contribution in [1.82, 2.24) is 4.90 Å². The van der Waals surface area contributed by atoms with E-state index < -0.39 is 0 Å². The van der Waals surface area contributed by atoms with Gasteiger partial charge in [0.15, 0.2) is 0 Å². The van der Waals surface area contributed by atoms with Gasteiger partial charge in [-0.2, -0.15) is 0 Å². The van der Waals surface area contributed by atoms with E-state index in [4.69, 9.17) is 0 Å². The fraction of sp³-hybridized carbons (Fsp3) is 0.556. The van der Waals surface area contributed by atoms with E-state index >= 15 is 0 Å². The van der Waals surface area contributed by atoms with Crippen molar-refractivity contribution in [1.29, 1.82) is 0 Å². The smallest absolute Gasteiger partial charge is 0.229 e. The summed E-state index contributed by atoms with van der Waals surface area (Å²) in [7, 11) is 0. The zero-order chi connectivity index (χ0) is 15.5. The molecule has 3 rings (SSSR count). The van der Waals surface area contributed by atoms with E-state index in [1.807, 2.05) is 29.2 Å². The third kappa shape index (κ3) is 3.01. The van der Waals surface area contributed by atoms with Gasteiger partial charge in [0.2, 0.25) is 11.8 Å². The standard InChI is InChI=1S/C18H24N2O2/c1-2-13-7-3-6-10-16(13)19-18(22)14-11-17(21)20(12-14)15-8-4-5-9-15/h3,6-7,10,14-15H,2,4-5,8-9,11-12H2,1H3,(H,19,22)/t14-/m1/s1. The SMILES string of the molecule is CCc1ccccc1NC(=O)[C@@H]1CC(=O)N(C2CCCC2)C1. The lowest BCUT2D eigenvalue weighted by Gasteiger charge is -2.24. The number of rotatable bonds is 4. The quantitative estimate of drug-likeness (QED) is 0.929. The summed E-state index contributed by atoms with van der Waals surface area (Å²) in [6, 6.07) is 8.24. The van der Waals surface area contributed by atoms with Crippen LogP contribution in [0, 0.1) is 5.92 Å². The summed E-state index contributed by atoms with van der Waals surface area (Å²) < 4.78 is 0. The number of anilines is 1. The van der Waals surface area contributed by atoms with Gasteiger partial charge in [0, 0.05) is 24.7 Å². The Morgan fingerprint density at radius 2 is 2.00 bits per heavy atom. The monoisotopic (exact) mass is 300 g/mol. The van der Waals surface area contributed by atoms with Crippen LogP contribution in [0.15, 0.2) is 24.3 Å². The first-order chi connectivity index (χ1) is 10.7. The molecular weight excluding hydrogens is 276 g/mol. The van der Waals surface area contributed by atoms with Gasteiger partial charge in [0.05, 0.1) is 5.92 Å². The molecule has 0 unspecified atom stereocenters. The van der Waals surface area contributed by atoms with Crippen molar-refractivity contribution >= 4 is 17.5 Å². The largest absolute Gasteiger partial charge is 0.339 e. The minimum atomic E-state index is -0.210. The Bertz CT molecular complexity index is 564. The summed E-state index contributed by atoms with van der Waals surface area (Å²) in [6.45, 7) is 2.66. The number of aryl methyl sites for hydroxylation is 1. The first kappa shape index (κ1) is 15.1. The molecule has 1 aromatic carbocycles. The number of nitrogens with one attached hydrogen (secondary N) is 1. The van der Waals surface area contributed by atoms with Gasteiger partial charge in [-0.05, 0) is 30.9 Å². The number of benzene rings is 1. The van der Waals surface area contributed by atoms with Crippen molar-refractivity contribution in [2.24, 2.45) is 5.92 Å². The van der Waals surface area contributed by atoms with Gasteiger partial charge in [-0.1, -0.05) is 38.0 Å². The van der Waals surface area contributed by atoms with E-state index in [1.165, 1.54) is 12.8 Å². The highest BCUT2D eigenvalue weighted by atomic mass is 16.2. The minimum Gasteiger partial charge on any atom is -0.339 e. The van der Waals surface area contributed by atoms with Crippen LogP contribution < -0.4 is 5.32 Å². The van der Waals surface area contributed by atoms with Crippen LogP contribution in [-0.2, 0) is 16.0 Å². The molecule has 0 bridgehead atoms. The van der Waals surface area contributed by atoms with Crippen molar-refractivity contribution in [2.45, 2.75) is 51.5 Å². The molecule has 1 aromatic rings. The van der Waals surface area contributed by atoms with Crippen LogP contribution in [0.25, 0.3) is 0 Å². The zero-order valence-electron chi connectivity index (χ0n) is 13.2. The van der Waals surface area contributed by atoms with Crippen LogP contribution in [0.4, 0.5) is 5.69 Å². The predicted molar refractivity (Wildman–Crippen MR) is 86.5 cm³/mol. The molecular formula is C18H24N2O2. The summed E-state index contributed by atoms with van der Waals surface area (Å²) in [4.78, 5) is 26.6. The normalized spacial score (nSPS) is 22.3. The molecule has 0 aromatic heterocycles. The molecule has 1 aliphatic heterocycles. The Balaban J connectivity index is 1.64. The molecule has 118 valence electrons. The van der Waals surface area contributed by atoms with Gasteiger partial charge >= 0.3 is 0 Å². The lowest BCUT2D eigenvalue weighted by Crippen LogP contribution is -2.35. The highest BCUT2D eigenvalue weighted by molar-refractivity contribution is 5.97. The number of likely N-dealkylation sites (tertiary alicyclic amines) is 1. The molecule has 1 aliphatic carbocycles. The van der Waals surface area contributed by atoms with Gasteiger partial charge in [-0.15, -0.1) is 0 Å². The summed E-state index contributed by atoms with van der Waals surface area (Å²) in [6.07, 6.45) is 5.84. The summed E-state index contributed by atoms with van der Waals surface area (Å²) in [5, 5.41) is 3.02. The van der Waals surface area contributed by atoms with Crippen molar-refractivity contribution < 1.29 is 9.59 Å². The van der Waals surface area contributed by atoms with Gasteiger partial charge in [0.25, 0.3) is 0 Å². The van der Waals surface area contributed by atoms with E-state index in [9.17, 15) is 9.59 Å².